The van der Waals surface area contributed by atoms with Crippen LogP contribution in [0.1, 0.15) is 23.9 Å². The van der Waals surface area contributed by atoms with Crippen LogP contribution in [0.4, 0.5) is 5.69 Å². The van der Waals surface area contributed by atoms with Gasteiger partial charge >= 0.3 is 0 Å². The van der Waals surface area contributed by atoms with Gasteiger partial charge in [-0.1, -0.05) is 42.4 Å². The molecule has 0 unspecified atom stereocenters. The Labute approximate surface area is 147 Å². The van der Waals surface area contributed by atoms with E-state index < -0.39 is 10.0 Å². The zero-order valence-electron chi connectivity index (χ0n) is 14.3. The highest BCUT2D eigenvalue weighted by atomic mass is 32.2. The Bertz CT molecular complexity index is 1010. The number of nitrogens with zero attached hydrogens (tertiary/aromatic N) is 2. The number of aromatic nitrogens is 2. The standard InChI is InChI=1S/C18H19N3O3S/c1-4-14-7-5-6-8-16(14)21-25(22,23)17-11-15(10-9-12(17)2)18-19-13(3)24-20-18/h5-11,21H,4H2,1-3H3. The molecule has 0 atom stereocenters. The van der Waals surface area contributed by atoms with Crippen molar-refractivity contribution >= 4 is 15.7 Å². The smallest absolute Gasteiger partial charge is 0.262 e. The lowest BCUT2D eigenvalue weighted by atomic mass is 10.1. The molecule has 3 aromatic rings. The highest BCUT2D eigenvalue weighted by molar-refractivity contribution is 7.92. The summed E-state index contributed by atoms with van der Waals surface area (Å²) in [6.07, 6.45) is 0.736. The Morgan fingerprint density at radius 2 is 1.88 bits per heavy atom. The van der Waals surface area contributed by atoms with Gasteiger partial charge in [-0.3, -0.25) is 4.72 Å². The Morgan fingerprint density at radius 1 is 1.12 bits per heavy atom. The molecule has 0 fully saturated rings. The molecule has 0 amide bonds. The predicted molar refractivity (Wildman–Crippen MR) is 95.8 cm³/mol. The van der Waals surface area contributed by atoms with Crippen molar-refractivity contribution in [3.63, 3.8) is 0 Å². The molecule has 0 saturated carbocycles. The molecule has 1 aromatic heterocycles. The van der Waals surface area contributed by atoms with E-state index in [2.05, 4.69) is 14.9 Å². The van der Waals surface area contributed by atoms with Crippen LogP contribution in [0.25, 0.3) is 11.4 Å². The van der Waals surface area contributed by atoms with Crippen molar-refractivity contribution < 1.29 is 12.9 Å². The number of anilines is 1. The zero-order chi connectivity index (χ0) is 18.0. The van der Waals surface area contributed by atoms with Crippen LogP contribution in [-0.2, 0) is 16.4 Å². The summed E-state index contributed by atoms with van der Waals surface area (Å²) in [4.78, 5) is 4.35. The van der Waals surface area contributed by atoms with E-state index in [1.165, 1.54) is 0 Å². The van der Waals surface area contributed by atoms with Crippen molar-refractivity contribution in [3.05, 3.63) is 59.5 Å². The first-order valence-corrected chi connectivity index (χ1v) is 9.41. The Morgan fingerprint density at radius 3 is 2.56 bits per heavy atom. The number of hydrogen-bond acceptors (Lipinski definition) is 5. The summed E-state index contributed by atoms with van der Waals surface area (Å²) in [6, 6.07) is 12.4. The Kier molecular flexibility index (Phi) is 4.59. The van der Waals surface area contributed by atoms with Gasteiger partial charge in [-0.25, -0.2) is 8.42 Å². The average Bonchev–Trinajstić information content (AvgIpc) is 3.01. The Hall–Kier alpha value is -2.67. The molecule has 3 rings (SSSR count). The van der Waals surface area contributed by atoms with Crippen LogP contribution in [0.2, 0.25) is 0 Å². The number of rotatable bonds is 5. The molecule has 1 N–H and O–H groups in total. The zero-order valence-corrected chi connectivity index (χ0v) is 15.1. The van der Waals surface area contributed by atoms with Crippen molar-refractivity contribution in [3.8, 4) is 11.4 Å². The van der Waals surface area contributed by atoms with Crippen LogP contribution in [0.15, 0.2) is 51.9 Å². The molecular weight excluding hydrogens is 338 g/mol. The molecule has 2 aromatic carbocycles. The van der Waals surface area contributed by atoms with Crippen LogP contribution in [0, 0.1) is 13.8 Å². The molecule has 0 spiro atoms. The molecule has 0 bridgehead atoms. The summed E-state index contributed by atoms with van der Waals surface area (Å²) in [5, 5.41) is 3.85. The van der Waals surface area contributed by atoms with Crippen LogP contribution < -0.4 is 4.72 Å². The van der Waals surface area contributed by atoms with Crippen molar-refractivity contribution in [2.24, 2.45) is 0 Å². The molecule has 0 saturated heterocycles. The van der Waals surface area contributed by atoms with Gasteiger partial charge in [-0.15, -0.1) is 0 Å². The SMILES string of the molecule is CCc1ccccc1NS(=O)(=O)c1cc(-c2noc(C)n2)ccc1C. The van der Waals surface area contributed by atoms with Crippen LogP contribution in [0.5, 0.6) is 0 Å². The summed E-state index contributed by atoms with van der Waals surface area (Å²) >= 11 is 0. The average molecular weight is 357 g/mol. The fourth-order valence-electron chi connectivity index (χ4n) is 2.57. The quantitative estimate of drug-likeness (QED) is 0.752. The lowest BCUT2D eigenvalue weighted by molar-refractivity contribution is 0.394. The predicted octanol–water partition coefficient (Wildman–Crippen LogP) is 3.72. The number of benzene rings is 2. The minimum absolute atomic E-state index is 0.193. The lowest BCUT2D eigenvalue weighted by Crippen LogP contribution is -2.15. The molecule has 0 aliphatic rings. The lowest BCUT2D eigenvalue weighted by Gasteiger charge is -2.13. The van der Waals surface area contributed by atoms with E-state index >= 15 is 0 Å². The second kappa shape index (κ2) is 6.68. The Balaban J connectivity index is 2.02. The second-order valence-corrected chi connectivity index (χ2v) is 7.38. The minimum Gasteiger partial charge on any atom is -0.339 e. The van der Waals surface area contributed by atoms with Gasteiger partial charge in [-0.05, 0) is 36.6 Å². The molecule has 0 radical (unpaired) electrons. The maximum atomic E-state index is 12.9. The number of nitrogens with one attached hydrogen (secondary N) is 1. The topological polar surface area (TPSA) is 85.1 Å². The first-order valence-electron chi connectivity index (χ1n) is 7.93. The van der Waals surface area contributed by atoms with E-state index in [0.717, 1.165) is 12.0 Å². The van der Waals surface area contributed by atoms with Gasteiger partial charge in [0, 0.05) is 12.5 Å². The van der Waals surface area contributed by atoms with Crippen LogP contribution in [0.3, 0.4) is 0 Å². The van der Waals surface area contributed by atoms with E-state index in [4.69, 9.17) is 4.52 Å². The third-order valence-electron chi connectivity index (χ3n) is 3.91. The van der Waals surface area contributed by atoms with Crippen molar-refractivity contribution in [1.82, 2.24) is 10.1 Å². The molecule has 25 heavy (non-hydrogen) atoms. The van der Waals surface area contributed by atoms with Crippen LogP contribution >= 0.6 is 0 Å². The van der Waals surface area contributed by atoms with Crippen molar-refractivity contribution in [2.75, 3.05) is 4.72 Å². The van der Waals surface area contributed by atoms with Crippen LogP contribution in [-0.4, -0.2) is 18.6 Å². The summed E-state index contributed by atoms with van der Waals surface area (Å²) in [7, 11) is -3.74. The van der Waals surface area contributed by atoms with Gasteiger partial charge in [0.1, 0.15) is 0 Å². The highest BCUT2D eigenvalue weighted by Crippen LogP contribution is 2.26. The molecule has 0 aliphatic heterocycles. The van der Waals surface area contributed by atoms with Gasteiger partial charge in [0.25, 0.3) is 10.0 Å². The van der Waals surface area contributed by atoms with E-state index in [0.29, 0.717) is 28.5 Å². The largest absolute Gasteiger partial charge is 0.339 e. The van der Waals surface area contributed by atoms with Crippen molar-refractivity contribution in [2.45, 2.75) is 32.1 Å². The summed E-state index contributed by atoms with van der Waals surface area (Å²) in [5.74, 6) is 0.790. The van der Waals surface area contributed by atoms with Gasteiger partial charge in [0.15, 0.2) is 0 Å². The monoisotopic (exact) mass is 357 g/mol. The normalized spacial score (nSPS) is 11.5. The van der Waals surface area contributed by atoms with E-state index in [9.17, 15) is 8.42 Å². The first kappa shape index (κ1) is 17.2. The molecule has 0 aliphatic carbocycles. The number of sulfonamides is 1. The first-order chi connectivity index (χ1) is 11.9. The molecule has 130 valence electrons. The number of para-hydroxylation sites is 1. The van der Waals surface area contributed by atoms with Gasteiger partial charge in [-0.2, -0.15) is 4.98 Å². The van der Waals surface area contributed by atoms with Crippen molar-refractivity contribution in [1.29, 1.82) is 0 Å². The maximum absolute atomic E-state index is 12.9. The molecular formula is C18H19N3O3S. The van der Waals surface area contributed by atoms with E-state index in [1.807, 2.05) is 25.1 Å². The highest BCUT2D eigenvalue weighted by Gasteiger charge is 2.20. The summed E-state index contributed by atoms with van der Waals surface area (Å²) < 4.78 is 33.5. The maximum Gasteiger partial charge on any atom is 0.262 e. The fraction of sp³-hybridized carbons (Fsp3) is 0.222. The van der Waals surface area contributed by atoms with E-state index in [-0.39, 0.29) is 4.90 Å². The molecule has 7 heteroatoms. The fourth-order valence-corrected chi connectivity index (χ4v) is 3.95. The van der Waals surface area contributed by atoms with Gasteiger partial charge < -0.3 is 4.52 Å². The molecule has 6 nitrogen and oxygen atoms in total. The van der Waals surface area contributed by atoms with Gasteiger partial charge in [0.05, 0.1) is 10.6 Å². The third kappa shape index (κ3) is 3.56. The summed E-state index contributed by atoms with van der Waals surface area (Å²) in [5.41, 5.74) is 2.76. The van der Waals surface area contributed by atoms with Gasteiger partial charge in [0.2, 0.25) is 11.7 Å². The number of aryl methyl sites for hydroxylation is 3. The van der Waals surface area contributed by atoms with E-state index in [1.54, 1.807) is 38.1 Å². The third-order valence-corrected chi connectivity index (χ3v) is 5.41. The molecule has 1 heterocycles. The second-order valence-electron chi connectivity index (χ2n) is 5.73. The number of hydrogen-bond donors (Lipinski definition) is 1. The minimum atomic E-state index is -3.74. The summed E-state index contributed by atoms with van der Waals surface area (Å²) in [6.45, 7) is 5.43.